The first-order valence-corrected chi connectivity index (χ1v) is 10.5. The average Bonchev–Trinajstić information content (AvgIpc) is 3.01. The summed E-state index contributed by atoms with van der Waals surface area (Å²) < 4.78 is 23.2. The van der Waals surface area contributed by atoms with Gasteiger partial charge in [0.05, 0.1) is 5.75 Å². The SMILES string of the molecule is CCS(=O)(=O)C[C@H](C)NC(=O)N1CCC(c2ccsc2)CC1. The quantitative estimate of drug-likeness (QED) is 0.892. The topological polar surface area (TPSA) is 66.5 Å². The Labute approximate surface area is 136 Å². The molecular weight excluding hydrogens is 320 g/mol. The number of urea groups is 1. The maximum atomic E-state index is 12.2. The van der Waals surface area contributed by atoms with E-state index in [9.17, 15) is 13.2 Å². The van der Waals surface area contributed by atoms with E-state index in [1.807, 2.05) is 0 Å². The van der Waals surface area contributed by atoms with E-state index in [-0.39, 0.29) is 23.6 Å². The monoisotopic (exact) mass is 344 g/mol. The lowest BCUT2D eigenvalue weighted by Gasteiger charge is -2.32. The Balaban J connectivity index is 1.80. The van der Waals surface area contributed by atoms with Crippen molar-refractivity contribution in [3.63, 3.8) is 0 Å². The normalized spacial score (nSPS) is 18.2. The third-order valence-electron chi connectivity index (χ3n) is 4.11. The molecule has 124 valence electrons. The van der Waals surface area contributed by atoms with E-state index in [4.69, 9.17) is 0 Å². The van der Waals surface area contributed by atoms with Gasteiger partial charge in [-0.05, 0) is 48.1 Å². The number of carbonyl (C=O) groups is 1. The second-order valence-electron chi connectivity index (χ2n) is 5.87. The number of sulfone groups is 1. The van der Waals surface area contributed by atoms with Crippen molar-refractivity contribution in [3.05, 3.63) is 22.4 Å². The van der Waals surface area contributed by atoms with Crippen LogP contribution in [0.2, 0.25) is 0 Å². The molecule has 1 fully saturated rings. The molecule has 1 aliphatic heterocycles. The molecule has 2 heterocycles. The van der Waals surface area contributed by atoms with E-state index in [0.717, 1.165) is 25.9 Å². The summed E-state index contributed by atoms with van der Waals surface area (Å²) in [7, 11) is -3.07. The largest absolute Gasteiger partial charge is 0.335 e. The van der Waals surface area contributed by atoms with Crippen molar-refractivity contribution < 1.29 is 13.2 Å². The minimum absolute atomic E-state index is 0.000604. The summed E-state index contributed by atoms with van der Waals surface area (Å²) in [4.78, 5) is 14.0. The molecule has 0 spiro atoms. The molecule has 2 amide bonds. The van der Waals surface area contributed by atoms with Crippen LogP contribution in [0.1, 0.15) is 38.2 Å². The Morgan fingerprint density at radius 2 is 2.14 bits per heavy atom. The number of nitrogens with zero attached hydrogens (tertiary/aromatic N) is 1. The van der Waals surface area contributed by atoms with Crippen molar-refractivity contribution in [2.45, 2.75) is 38.6 Å². The van der Waals surface area contributed by atoms with Crippen molar-refractivity contribution in [3.8, 4) is 0 Å². The van der Waals surface area contributed by atoms with E-state index >= 15 is 0 Å². The summed E-state index contributed by atoms with van der Waals surface area (Å²) in [5, 5.41) is 7.07. The van der Waals surface area contributed by atoms with Gasteiger partial charge in [-0.15, -0.1) is 0 Å². The van der Waals surface area contributed by atoms with Crippen molar-refractivity contribution in [2.24, 2.45) is 0 Å². The summed E-state index contributed by atoms with van der Waals surface area (Å²) in [5.41, 5.74) is 1.37. The van der Waals surface area contributed by atoms with Crippen LogP contribution in [-0.2, 0) is 9.84 Å². The maximum absolute atomic E-state index is 12.2. The first kappa shape index (κ1) is 17.3. The summed E-state index contributed by atoms with van der Waals surface area (Å²) in [5.74, 6) is 0.646. The van der Waals surface area contributed by atoms with Crippen LogP contribution in [0.5, 0.6) is 0 Å². The molecule has 1 aromatic rings. The summed E-state index contributed by atoms with van der Waals surface area (Å²) in [6.07, 6.45) is 1.93. The third-order valence-corrected chi connectivity index (χ3v) is 6.70. The molecule has 7 heteroatoms. The van der Waals surface area contributed by atoms with Gasteiger partial charge in [-0.3, -0.25) is 0 Å². The number of thiophene rings is 1. The van der Waals surface area contributed by atoms with Gasteiger partial charge in [0.2, 0.25) is 0 Å². The van der Waals surface area contributed by atoms with Gasteiger partial charge in [-0.25, -0.2) is 13.2 Å². The van der Waals surface area contributed by atoms with E-state index in [1.165, 1.54) is 5.56 Å². The molecule has 0 bridgehead atoms. The fraction of sp³-hybridized carbons (Fsp3) is 0.667. The Morgan fingerprint density at radius 1 is 1.45 bits per heavy atom. The Bertz CT molecular complexity index is 576. The summed E-state index contributed by atoms with van der Waals surface area (Å²) >= 11 is 1.71. The van der Waals surface area contributed by atoms with Gasteiger partial charge in [0.15, 0.2) is 9.84 Å². The molecule has 0 radical (unpaired) electrons. The zero-order valence-electron chi connectivity index (χ0n) is 13.1. The van der Waals surface area contributed by atoms with E-state index in [2.05, 4.69) is 22.1 Å². The average molecular weight is 345 g/mol. The minimum Gasteiger partial charge on any atom is -0.335 e. The number of hydrogen-bond acceptors (Lipinski definition) is 4. The predicted octanol–water partition coefficient (Wildman–Crippen LogP) is 2.46. The number of amides is 2. The molecule has 1 aliphatic rings. The molecule has 0 unspecified atom stereocenters. The number of likely N-dealkylation sites (tertiary alicyclic amines) is 1. The van der Waals surface area contributed by atoms with Crippen LogP contribution in [0.4, 0.5) is 4.79 Å². The molecule has 1 aromatic heterocycles. The lowest BCUT2D eigenvalue weighted by Crippen LogP contribution is -2.48. The number of carbonyl (C=O) groups excluding carboxylic acids is 1. The number of hydrogen-bond donors (Lipinski definition) is 1. The summed E-state index contributed by atoms with van der Waals surface area (Å²) in [6.45, 7) is 4.81. The molecule has 5 nitrogen and oxygen atoms in total. The first-order valence-electron chi connectivity index (χ1n) is 7.69. The van der Waals surface area contributed by atoms with Crippen LogP contribution < -0.4 is 5.32 Å². The van der Waals surface area contributed by atoms with Crippen LogP contribution in [-0.4, -0.2) is 50.0 Å². The van der Waals surface area contributed by atoms with Crippen molar-refractivity contribution in [1.29, 1.82) is 0 Å². The van der Waals surface area contributed by atoms with Crippen LogP contribution in [0.3, 0.4) is 0 Å². The zero-order valence-corrected chi connectivity index (χ0v) is 14.8. The lowest BCUT2D eigenvalue weighted by atomic mass is 9.91. The van der Waals surface area contributed by atoms with Gasteiger partial charge in [0.1, 0.15) is 0 Å². The van der Waals surface area contributed by atoms with Crippen molar-refractivity contribution >= 4 is 27.2 Å². The Hall–Kier alpha value is -1.08. The number of rotatable bonds is 5. The molecule has 0 saturated carbocycles. The number of piperidine rings is 1. The highest BCUT2D eigenvalue weighted by atomic mass is 32.2. The second kappa shape index (κ2) is 7.46. The standard InChI is InChI=1S/C15H24N2O3S2/c1-3-22(19,20)11-12(2)16-15(18)17-7-4-13(5-8-17)14-6-9-21-10-14/h6,9-10,12-13H,3-5,7-8,11H2,1-2H3,(H,16,18)/t12-/m0/s1. The van der Waals surface area contributed by atoms with Crippen molar-refractivity contribution in [1.82, 2.24) is 10.2 Å². The Morgan fingerprint density at radius 3 is 2.68 bits per heavy atom. The molecule has 22 heavy (non-hydrogen) atoms. The second-order valence-corrected chi connectivity index (χ2v) is 9.05. The van der Waals surface area contributed by atoms with Crippen LogP contribution >= 0.6 is 11.3 Å². The highest BCUT2D eigenvalue weighted by Gasteiger charge is 2.25. The molecule has 1 N–H and O–H groups in total. The van der Waals surface area contributed by atoms with Crippen molar-refractivity contribution in [2.75, 3.05) is 24.6 Å². The minimum atomic E-state index is -3.07. The Kier molecular flexibility index (Phi) is 5.86. The molecule has 1 saturated heterocycles. The predicted molar refractivity (Wildman–Crippen MR) is 90.2 cm³/mol. The maximum Gasteiger partial charge on any atom is 0.317 e. The first-order chi connectivity index (χ1) is 10.4. The smallest absolute Gasteiger partial charge is 0.317 e. The highest BCUT2D eigenvalue weighted by molar-refractivity contribution is 7.91. The van der Waals surface area contributed by atoms with Crippen LogP contribution in [0.25, 0.3) is 0 Å². The lowest BCUT2D eigenvalue weighted by molar-refractivity contribution is 0.179. The van der Waals surface area contributed by atoms with Crippen LogP contribution in [0.15, 0.2) is 16.8 Å². The zero-order chi connectivity index (χ0) is 16.2. The van der Waals surface area contributed by atoms with Gasteiger partial charge < -0.3 is 10.2 Å². The van der Waals surface area contributed by atoms with E-state index < -0.39 is 9.84 Å². The number of nitrogens with one attached hydrogen (secondary N) is 1. The molecule has 1 atom stereocenters. The third kappa shape index (κ3) is 4.71. The van der Waals surface area contributed by atoms with Crippen LogP contribution in [0, 0.1) is 0 Å². The molecule has 0 aliphatic carbocycles. The van der Waals surface area contributed by atoms with Gasteiger partial charge in [-0.2, -0.15) is 11.3 Å². The highest BCUT2D eigenvalue weighted by Crippen LogP contribution is 2.29. The molecule has 2 rings (SSSR count). The summed E-state index contributed by atoms with van der Waals surface area (Å²) in [6, 6.07) is 1.65. The van der Waals surface area contributed by atoms with Gasteiger partial charge in [0.25, 0.3) is 0 Å². The van der Waals surface area contributed by atoms with E-state index in [0.29, 0.717) is 5.92 Å². The van der Waals surface area contributed by atoms with Gasteiger partial charge >= 0.3 is 6.03 Å². The fourth-order valence-corrected chi connectivity index (χ4v) is 4.59. The van der Waals surface area contributed by atoms with E-state index in [1.54, 1.807) is 30.1 Å². The fourth-order valence-electron chi connectivity index (χ4n) is 2.77. The molecule has 0 aromatic carbocycles. The van der Waals surface area contributed by atoms with Gasteiger partial charge in [-0.1, -0.05) is 6.92 Å². The molecular formula is C15H24N2O3S2. The van der Waals surface area contributed by atoms with Gasteiger partial charge in [0, 0.05) is 24.9 Å².